The minimum Gasteiger partial charge on any atom is -0.496 e. The second kappa shape index (κ2) is 5.95. The fourth-order valence-corrected chi connectivity index (χ4v) is 1.85. The Labute approximate surface area is 95.1 Å². The van der Waals surface area contributed by atoms with Crippen molar-refractivity contribution in [3.8, 4) is 5.75 Å². The molecule has 0 bridgehead atoms. The van der Waals surface area contributed by atoms with Gasteiger partial charge in [-0.05, 0) is 29.7 Å². The highest BCUT2D eigenvalue weighted by Crippen LogP contribution is 2.28. The predicted octanol–water partition coefficient (Wildman–Crippen LogP) is 2.34. The molecule has 0 saturated carbocycles. The number of hydrogen-bond donors (Lipinski definition) is 1. The van der Waals surface area contributed by atoms with Crippen LogP contribution < -0.4 is 10.6 Å². The Morgan fingerprint density at radius 2 is 2.00 bits per heavy atom. The Morgan fingerprint density at radius 3 is 2.53 bits per heavy atom. The third-order valence-corrected chi connectivity index (χ3v) is 2.50. The van der Waals surface area contributed by atoms with Crippen LogP contribution in [0.5, 0.6) is 5.75 Å². The molecule has 0 amide bonds. The number of nitrogens with two attached hydrogens (primary N) is 1. The zero-order chi connectivity index (χ0) is 11.3. The van der Waals surface area contributed by atoms with Gasteiger partial charge in [-0.2, -0.15) is 0 Å². The van der Waals surface area contributed by atoms with E-state index in [4.69, 9.17) is 22.2 Å². The van der Waals surface area contributed by atoms with Crippen molar-refractivity contribution in [3.05, 3.63) is 28.3 Å². The molecule has 0 aliphatic carbocycles. The molecule has 15 heavy (non-hydrogen) atoms. The van der Waals surface area contributed by atoms with E-state index in [-0.39, 0.29) is 0 Å². The molecule has 0 aliphatic heterocycles. The van der Waals surface area contributed by atoms with Crippen molar-refractivity contribution in [1.82, 2.24) is 0 Å². The van der Waals surface area contributed by atoms with Gasteiger partial charge in [0.1, 0.15) is 5.75 Å². The predicted molar refractivity (Wildman–Crippen MR) is 61.2 cm³/mol. The van der Waals surface area contributed by atoms with Crippen LogP contribution in [0.25, 0.3) is 0 Å². The van der Waals surface area contributed by atoms with E-state index in [0.29, 0.717) is 13.0 Å². The number of benzene rings is 1. The molecule has 0 radical (unpaired) electrons. The van der Waals surface area contributed by atoms with E-state index in [9.17, 15) is 0 Å². The van der Waals surface area contributed by atoms with Gasteiger partial charge >= 0.3 is 0 Å². The van der Waals surface area contributed by atoms with Gasteiger partial charge in [0.2, 0.25) is 0 Å². The summed E-state index contributed by atoms with van der Waals surface area (Å²) in [5, 5.41) is 0.722. The maximum atomic E-state index is 6.01. The van der Waals surface area contributed by atoms with Crippen molar-refractivity contribution in [2.75, 3.05) is 13.7 Å². The molecule has 1 aromatic rings. The SMILES string of the molecule is CCc1cc(Cl)cc(CCON)c1OC. The van der Waals surface area contributed by atoms with Gasteiger partial charge < -0.3 is 9.57 Å². The Kier molecular flexibility index (Phi) is 4.88. The van der Waals surface area contributed by atoms with Crippen LogP contribution in [0.3, 0.4) is 0 Å². The van der Waals surface area contributed by atoms with Gasteiger partial charge in [0, 0.05) is 11.4 Å². The van der Waals surface area contributed by atoms with Crippen molar-refractivity contribution in [1.29, 1.82) is 0 Å². The highest BCUT2D eigenvalue weighted by atomic mass is 35.5. The summed E-state index contributed by atoms with van der Waals surface area (Å²) in [5.74, 6) is 5.89. The van der Waals surface area contributed by atoms with E-state index in [1.54, 1.807) is 7.11 Å². The molecule has 2 N–H and O–H groups in total. The van der Waals surface area contributed by atoms with Crippen molar-refractivity contribution in [3.63, 3.8) is 0 Å². The summed E-state index contributed by atoms with van der Waals surface area (Å²) in [5.41, 5.74) is 2.14. The topological polar surface area (TPSA) is 44.5 Å². The molecule has 3 nitrogen and oxygen atoms in total. The summed E-state index contributed by atoms with van der Waals surface area (Å²) in [6, 6.07) is 3.81. The Balaban J connectivity index is 3.05. The standard InChI is InChI=1S/C11H16ClNO2/c1-3-8-6-10(12)7-9(4-5-15-13)11(8)14-2/h6-7H,3-5,13H2,1-2H3. The number of methoxy groups -OCH3 is 1. The van der Waals surface area contributed by atoms with Crippen LogP contribution in [0.2, 0.25) is 5.02 Å². The van der Waals surface area contributed by atoms with Crippen molar-refractivity contribution in [2.24, 2.45) is 5.90 Å². The molecule has 0 fully saturated rings. The van der Waals surface area contributed by atoms with E-state index in [2.05, 4.69) is 11.8 Å². The molecule has 4 heteroatoms. The van der Waals surface area contributed by atoms with Crippen LogP contribution in [0, 0.1) is 0 Å². The largest absolute Gasteiger partial charge is 0.496 e. The van der Waals surface area contributed by atoms with Crippen LogP contribution in [0.4, 0.5) is 0 Å². The average molecular weight is 230 g/mol. The molecule has 1 rings (SSSR count). The van der Waals surface area contributed by atoms with Gasteiger partial charge in [0.25, 0.3) is 0 Å². The lowest BCUT2D eigenvalue weighted by Gasteiger charge is -2.13. The normalized spacial score (nSPS) is 10.4. The third kappa shape index (κ3) is 3.09. The van der Waals surface area contributed by atoms with Crippen molar-refractivity contribution >= 4 is 11.6 Å². The summed E-state index contributed by atoms with van der Waals surface area (Å²) < 4.78 is 5.36. The molecular weight excluding hydrogens is 214 g/mol. The first-order valence-corrected chi connectivity index (χ1v) is 5.27. The molecule has 84 valence electrons. The number of ether oxygens (including phenoxy) is 1. The monoisotopic (exact) mass is 229 g/mol. The number of hydrogen-bond acceptors (Lipinski definition) is 3. The Hall–Kier alpha value is -0.770. The van der Waals surface area contributed by atoms with Gasteiger partial charge in [-0.15, -0.1) is 0 Å². The summed E-state index contributed by atoms with van der Waals surface area (Å²) in [4.78, 5) is 4.56. The third-order valence-electron chi connectivity index (χ3n) is 2.28. The number of halogens is 1. The molecule has 0 unspecified atom stereocenters. The number of aryl methyl sites for hydroxylation is 1. The maximum absolute atomic E-state index is 6.01. The highest BCUT2D eigenvalue weighted by Gasteiger charge is 2.09. The summed E-state index contributed by atoms with van der Waals surface area (Å²) in [7, 11) is 1.66. The lowest BCUT2D eigenvalue weighted by atomic mass is 10.0. The molecule has 1 aromatic carbocycles. The second-order valence-corrected chi connectivity index (χ2v) is 3.67. The van der Waals surface area contributed by atoms with Crippen LogP contribution in [0.1, 0.15) is 18.1 Å². The molecule has 0 spiro atoms. The molecule has 0 saturated heterocycles. The molecule has 0 atom stereocenters. The van der Waals surface area contributed by atoms with E-state index in [1.807, 2.05) is 12.1 Å². The van der Waals surface area contributed by atoms with Crippen molar-refractivity contribution in [2.45, 2.75) is 19.8 Å². The van der Waals surface area contributed by atoms with E-state index < -0.39 is 0 Å². The quantitative estimate of drug-likeness (QED) is 0.789. The first kappa shape index (κ1) is 12.3. The molecule has 0 heterocycles. The highest BCUT2D eigenvalue weighted by molar-refractivity contribution is 6.30. The van der Waals surface area contributed by atoms with Gasteiger partial charge in [0.05, 0.1) is 13.7 Å². The van der Waals surface area contributed by atoms with Gasteiger partial charge in [-0.1, -0.05) is 18.5 Å². The van der Waals surface area contributed by atoms with Crippen LogP contribution >= 0.6 is 11.6 Å². The zero-order valence-electron chi connectivity index (χ0n) is 9.05. The fraction of sp³-hybridized carbons (Fsp3) is 0.455. The van der Waals surface area contributed by atoms with E-state index in [1.165, 1.54) is 0 Å². The fourth-order valence-electron chi connectivity index (χ4n) is 1.59. The van der Waals surface area contributed by atoms with E-state index >= 15 is 0 Å². The van der Waals surface area contributed by atoms with Gasteiger partial charge in [0.15, 0.2) is 0 Å². The smallest absolute Gasteiger partial charge is 0.125 e. The summed E-state index contributed by atoms with van der Waals surface area (Å²) in [6.45, 7) is 2.53. The van der Waals surface area contributed by atoms with Crippen LogP contribution in [0.15, 0.2) is 12.1 Å². The summed E-state index contributed by atoms with van der Waals surface area (Å²) >= 11 is 6.01. The lowest BCUT2D eigenvalue weighted by molar-refractivity contribution is 0.140. The van der Waals surface area contributed by atoms with Crippen LogP contribution in [-0.2, 0) is 17.7 Å². The minimum absolute atomic E-state index is 0.458. The maximum Gasteiger partial charge on any atom is 0.125 e. The Bertz CT molecular complexity index is 329. The molecule has 0 aromatic heterocycles. The average Bonchev–Trinajstić information content (AvgIpc) is 2.25. The summed E-state index contributed by atoms with van der Waals surface area (Å²) in [6.07, 6.45) is 1.59. The first-order valence-electron chi connectivity index (χ1n) is 4.89. The van der Waals surface area contributed by atoms with Crippen molar-refractivity contribution < 1.29 is 9.57 Å². The Morgan fingerprint density at radius 1 is 1.33 bits per heavy atom. The molecular formula is C11H16ClNO2. The first-order chi connectivity index (χ1) is 7.22. The van der Waals surface area contributed by atoms with E-state index in [0.717, 1.165) is 28.3 Å². The van der Waals surface area contributed by atoms with Gasteiger partial charge in [-0.3, -0.25) is 0 Å². The molecule has 0 aliphatic rings. The second-order valence-electron chi connectivity index (χ2n) is 3.23. The minimum atomic E-state index is 0.458. The van der Waals surface area contributed by atoms with Gasteiger partial charge in [-0.25, -0.2) is 5.90 Å². The zero-order valence-corrected chi connectivity index (χ0v) is 9.80. The van der Waals surface area contributed by atoms with Crippen LogP contribution in [-0.4, -0.2) is 13.7 Å². The number of rotatable bonds is 5. The lowest BCUT2D eigenvalue weighted by Crippen LogP contribution is -2.06.